The number of carbonyl (C=O) groups excluding carboxylic acids is 5. The first-order valence-electron chi connectivity index (χ1n) is 13.2. The Balaban J connectivity index is 1.73. The molecule has 40 heavy (non-hydrogen) atoms. The van der Waals surface area contributed by atoms with Gasteiger partial charge < -0.3 is 30.4 Å². The van der Waals surface area contributed by atoms with Crippen LogP contribution in [0.4, 0.5) is 4.79 Å². The zero-order valence-electron chi connectivity index (χ0n) is 23.0. The van der Waals surface area contributed by atoms with Crippen LogP contribution in [0, 0.1) is 11.8 Å². The number of carbonyl (C=O) groups is 5. The van der Waals surface area contributed by atoms with Crippen molar-refractivity contribution >= 4 is 40.6 Å². The molecule has 1 aromatic heterocycles. The van der Waals surface area contributed by atoms with E-state index in [-0.39, 0.29) is 37.0 Å². The van der Waals surface area contributed by atoms with E-state index < -0.39 is 48.4 Å². The summed E-state index contributed by atoms with van der Waals surface area (Å²) in [6, 6.07) is 4.89. The number of nitrogens with one attached hydrogen (secondary N) is 4. The normalized spacial score (nSPS) is 16.2. The highest BCUT2D eigenvalue weighted by atomic mass is 17.2. The number of hydrogen-bond acceptors (Lipinski definition) is 9. The third-order valence-corrected chi connectivity index (χ3v) is 6.40. The number of methoxy groups -OCH3 is 1. The molecular formula is C27H36N4O9. The Morgan fingerprint density at radius 3 is 2.55 bits per heavy atom. The predicted octanol–water partition coefficient (Wildman–Crippen LogP) is 2.01. The largest absolute Gasteiger partial charge is 0.540 e. The van der Waals surface area contributed by atoms with Crippen LogP contribution in [0.5, 0.6) is 5.75 Å². The number of aromatic nitrogens is 1. The van der Waals surface area contributed by atoms with Gasteiger partial charge in [0.15, 0.2) is 12.4 Å². The van der Waals surface area contributed by atoms with Crippen LogP contribution in [-0.2, 0) is 28.9 Å². The highest BCUT2D eigenvalue weighted by molar-refractivity contribution is 6.02. The molecule has 0 unspecified atom stereocenters. The topological polar surface area (TPSA) is 174 Å². The molecule has 13 heteroatoms. The maximum Gasteiger partial charge on any atom is 0.540 e. The number of rotatable bonds is 14. The smallest absolute Gasteiger partial charge is 0.496 e. The minimum atomic E-state index is -1.13. The van der Waals surface area contributed by atoms with Crippen molar-refractivity contribution < 1.29 is 43.2 Å². The number of ketones is 1. The summed E-state index contributed by atoms with van der Waals surface area (Å²) >= 11 is 0. The molecular weight excluding hydrogens is 524 g/mol. The summed E-state index contributed by atoms with van der Waals surface area (Å²) in [6.45, 7) is 5.21. The van der Waals surface area contributed by atoms with Crippen LogP contribution in [0.15, 0.2) is 24.3 Å². The molecule has 4 N–H and O–H groups in total. The number of amides is 3. The van der Waals surface area contributed by atoms with Crippen molar-refractivity contribution in [2.45, 2.75) is 52.1 Å². The number of ether oxygens (including phenoxy) is 2. The van der Waals surface area contributed by atoms with Gasteiger partial charge in [0.25, 0.3) is 5.91 Å². The zero-order valence-corrected chi connectivity index (χ0v) is 23.0. The van der Waals surface area contributed by atoms with Gasteiger partial charge in [0, 0.05) is 23.4 Å². The summed E-state index contributed by atoms with van der Waals surface area (Å²) in [6.07, 6.45) is -0.313. The number of H-pyrrole nitrogens is 1. The molecule has 0 aliphatic carbocycles. The van der Waals surface area contributed by atoms with Gasteiger partial charge in [-0.2, -0.15) is 4.89 Å². The molecule has 2 heterocycles. The number of fused-ring (bicyclic) bond motifs is 1. The van der Waals surface area contributed by atoms with E-state index in [1.807, 2.05) is 13.8 Å². The molecule has 218 valence electrons. The van der Waals surface area contributed by atoms with E-state index in [2.05, 4.69) is 30.6 Å². The van der Waals surface area contributed by atoms with Crippen LogP contribution in [-0.4, -0.2) is 73.6 Å². The summed E-state index contributed by atoms with van der Waals surface area (Å²) < 4.78 is 9.93. The van der Waals surface area contributed by atoms with Crippen LogP contribution in [0.25, 0.3) is 10.9 Å². The van der Waals surface area contributed by atoms with Crippen molar-refractivity contribution in [3.63, 3.8) is 0 Å². The SMILES string of the molecule is CCOC(=O)OOCC(=O)[C@H](C[C@@H]1CCNC1=O)NC(=O)[C@H](CC(C)C)NC(=O)c1cc2c(OC)cccc2[nH]1. The average molecular weight is 561 g/mol. The molecule has 13 nitrogen and oxygen atoms in total. The predicted molar refractivity (Wildman–Crippen MR) is 142 cm³/mol. The fourth-order valence-electron chi connectivity index (χ4n) is 4.44. The number of aromatic amines is 1. The third-order valence-electron chi connectivity index (χ3n) is 6.40. The Morgan fingerprint density at radius 1 is 1.12 bits per heavy atom. The van der Waals surface area contributed by atoms with Crippen LogP contribution in [0.2, 0.25) is 0 Å². The molecule has 0 spiro atoms. The monoisotopic (exact) mass is 560 g/mol. The summed E-state index contributed by atoms with van der Waals surface area (Å²) in [5.74, 6) is -1.83. The van der Waals surface area contributed by atoms with E-state index >= 15 is 0 Å². The van der Waals surface area contributed by atoms with Gasteiger partial charge in [-0.25, -0.2) is 4.79 Å². The molecule has 0 radical (unpaired) electrons. The lowest BCUT2D eigenvalue weighted by Gasteiger charge is -2.24. The highest BCUT2D eigenvalue weighted by Crippen LogP contribution is 2.26. The van der Waals surface area contributed by atoms with Gasteiger partial charge in [-0.15, -0.1) is 0 Å². The first kappa shape index (κ1) is 30.4. The Labute approximate surface area is 231 Å². The molecule has 0 saturated carbocycles. The molecule has 1 saturated heterocycles. The zero-order chi connectivity index (χ0) is 29.2. The lowest BCUT2D eigenvalue weighted by molar-refractivity contribution is -0.250. The molecule has 3 amide bonds. The second kappa shape index (κ2) is 14.3. The quantitative estimate of drug-likeness (QED) is 0.153. The minimum absolute atomic E-state index is 0.0172. The van der Waals surface area contributed by atoms with E-state index in [9.17, 15) is 24.0 Å². The van der Waals surface area contributed by atoms with Gasteiger partial charge >= 0.3 is 6.16 Å². The van der Waals surface area contributed by atoms with E-state index in [1.54, 1.807) is 31.2 Å². The lowest BCUT2D eigenvalue weighted by atomic mass is 9.95. The average Bonchev–Trinajstić information content (AvgIpc) is 3.53. The van der Waals surface area contributed by atoms with E-state index in [0.717, 1.165) is 0 Å². The van der Waals surface area contributed by atoms with Crippen molar-refractivity contribution in [3.8, 4) is 5.75 Å². The second-order valence-electron chi connectivity index (χ2n) is 9.83. The fourth-order valence-corrected chi connectivity index (χ4v) is 4.44. The molecule has 2 aromatic rings. The molecule has 3 atom stereocenters. The summed E-state index contributed by atoms with van der Waals surface area (Å²) in [5, 5.41) is 8.84. The number of Topliss-reactive ketones (excluding diaryl/α,β-unsaturated/α-hetero) is 1. The van der Waals surface area contributed by atoms with Gasteiger partial charge in [0.1, 0.15) is 17.5 Å². The highest BCUT2D eigenvalue weighted by Gasteiger charge is 2.33. The van der Waals surface area contributed by atoms with E-state index in [0.29, 0.717) is 29.6 Å². The summed E-state index contributed by atoms with van der Waals surface area (Å²) in [4.78, 5) is 75.1. The van der Waals surface area contributed by atoms with Gasteiger partial charge in [-0.05, 0) is 50.3 Å². The Morgan fingerprint density at radius 2 is 1.90 bits per heavy atom. The lowest BCUT2D eigenvalue weighted by Crippen LogP contribution is -2.53. The van der Waals surface area contributed by atoms with E-state index in [1.165, 1.54) is 7.11 Å². The first-order valence-corrected chi connectivity index (χ1v) is 13.2. The first-order chi connectivity index (χ1) is 19.1. The van der Waals surface area contributed by atoms with Gasteiger partial charge in [0.05, 0.1) is 19.8 Å². The van der Waals surface area contributed by atoms with E-state index in [4.69, 9.17) is 9.62 Å². The van der Waals surface area contributed by atoms with Crippen LogP contribution < -0.4 is 20.7 Å². The maximum absolute atomic E-state index is 13.4. The van der Waals surface area contributed by atoms with Crippen LogP contribution in [0.3, 0.4) is 0 Å². The third kappa shape index (κ3) is 8.18. The summed E-state index contributed by atoms with van der Waals surface area (Å²) in [5.41, 5.74) is 0.931. The van der Waals surface area contributed by atoms with Gasteiger partial charge in [0.2, 0.25) is 11.8 Å². The fraction of sp³-hybridized carbons (Fsp3) is 0.519. The molecule has 3 rings (SSSR count). The molecule has 0 bridgehead atoms. The summed E-state index contributed by atoms with van der Waals surface area (Å²) in [7, 11) is 1.53. The Kier molecular flexibility index (Phi) is 10.9. The van der Waals surface area contributed by atoms with Crippen molar-refractivity contribution in [3.05, 3.63) is 30.0 Å². The molecule has 1 aromatic carbocycles. The van der Waals surface area contributed by atoms with Crippen LogP contribution in [0.1, 0.15) is 50.5 Å². The Bertz CT molecular complexity index is 1230. The van der Waals surface area contributed by atoms with Crippen molar-refractivity contribution in [1.29, 1.82) is 0 Å². The Hall–Kier alpha value is -4.13. The van der Waals surface area contributed by atoms with Gasteiger partial charge in [-0.1, -0.05) is 19.9 Å². The van der Waals surface area contributed by atoms with Gasteiger partial charge in [-0.3, -0.25) is 24.1 Å². The molecule has 1 aliphatic rings. The number of benzene rings is 1. The van der Waals surface area contributed by atoms with Crippen LogP contribution >= 0.6 is 0 Å². The van der Waals surface area contributed by atoms with Crippen molar-refractivity contribution in [1.82, 2.24) is 20.9 Å². The maximum atomic E-state index is 13.4. The molecule has 1 fully saturated rings. The van der Waals surface area contributed by atoms with Crippen molar-refractivity contribution in [2.24, 2.45) is 11.8 Å². The minimum Gasteiger partial charge on any atom is -0.496 e. The second-order valence-corrected chi connectivity index (χ2v) is 9.83. The van der Waals surface area contributed by atoms with Crippen molar-refractivity contribution in [2.75, 3.05) is 26.9 Å². The number of hydrogen-bond donors (Lipinski definition) is 4. The molecule has 1 aliphatic heterocycles. The standard InChI is InChI=1S/C27H36N4O9/c1-5-38-27(36)40-39-14-22(32)19(12-16-9-10-28-24(16)33)30-25(34)20(11-15(2)3)31-26(35)21-13-17-18(29-21)7-6-8-23(17)37-4/h6-8,13,15-16,19-20,29H,5,9-12,14H2,1-4H3,(H,28,33)(H,30,34)(H,31,35)/t16-,19-,20-/m0/s1.